The smallest absolute Gasteiger partial charge is 0.355 e. The second-order valence-electron chi connectivity index (χ2n) is 9.44. The summed E-state index contributed by atoms with van der Waals surface area (Å²) >= 11 is 6.06. The molecule has 23 heteroatoms. The minimum Gasteiger partial charge on any atom is -0.355 e. The lowest BCUT2D eigenvalue weighted by Crippen LogP contribution is -2.63. The van der Waals surface area contributed by atoms with Gasteiger partial charge in [0.05, 0.1) is 16.8 Å². The van der Waals surface area contributed by atoms with Crippen LogP contribution < -0.4 is 9.50 Å². The zero-order valence-corrected chi connectivity index (χ0v) is 23.2. The van der Waals surface area contributed by atoms with E-state index in [0.717, 1.165) is 25.2 Å². The van der Waals surface area contributed by atoms with Gasteiger partial charge in [-0.15, -0.1) is 5.10 Å². The third-order valence-corrected chi connectivity index (χ3v) is 7.73. The largest absolute Gasteiger partial charge is 0.460 e. The molecule has 0 bridgehead atoms. The Morgan fingerprint density at radius 1 is 0.978 bits per heavy atom. The number of rotatable bonds is 9. The van der Waals surface area contributed by atoms with Crippen molar-refractivity contribution in [2.75, 3.05) is 0 Å². The van der Waals surface area contributed by atoms with Gasteiger partial charge in [0.25, 0.3) is 11.8 Å². The quantitative estimate of drug-likeness (QED) is 0.217. The van der Waals surface area contributed by atoms with E-state index in [1.165, 1.54) is 18.2 Å². The summed E-state index contributed by atoms with van der Waals surface area (Å²) in [4.78, 5) is 12.5. The number of carbonyl (C=O) groups excluding carboxylic acids is 1. The minimum atomic E-state index is -7.77. The Labute approximate surface area is 247 Å². The van der Waals surface area contributed by atoms with Crippen molar-refractivity contribution < 1.29 is 70.1 Å². The molecule has 0 saturated heterocycles. The maximum atomic E-state index is 14.1. The lowest BCUT2D eigenvalue weighted by atomic mass is 10.1. The summed E-state index contributed by atoms with van der Waals surface area (Å²) in [6, 6.07) is 3.77. The van der Waals surface area contributed by atoms with Gasteiger partial charge < -0.3 is 9.50 Å². The Morgan fingerprint density at radius 2 is 1.58 bits per heavy atom. The Bertz CT molecular complexity index is 1750. The van der Waals surface area contributed by atoms with Crippen LogP contribution in [0.2, 0.25) is 5.02 Å². The number of halogens is 13. The zero-order valence-electron chi connectivity index (χ0n) is 21.6. The molecule has 1 aliphatic carbocycles. The first-order chi connectivity index (χ1) is 20.3. The minimum absolute atomic E-state index is 0.00802. The number of hydrogen-bond acceptors (Lipinski definition) is 6. The monoisotopic (exact) mass is 707 g/mol. The third-order valence-electron chi connectivity index (χ3n) is 6.14. The highest BCUT2D eigenvalue weighted by Crippen LogP contribution is 2.55. The standard InChI is InChI=1S/C22H14ClF12N5O4S/c1-39-17(40-8-10(7-36-40)9-2-5-13(23)12(6-9)15(41)37-11-3-4-11)14(18(24,25)26)16(38-39)44-45(42,43)22(34,35)20(29,30)19(27,28)21(31,32)33/h2,5-8,11H,3-4H2,1H3,(H,37,41). The zero-order chi connectivity index (χ0) is 34.1. The number of benzene rings is 1. The van der Waals surface area contributed by atoms with Crippen molar-refractivity contribution in [2.45, 2.75) is 48.3 Å². The summed E-state index contributed by atoms with van der Waals surface area (Å²) in [5.74, 6) is -19.8. The van der Waals surface area contributed by atoms with Crippen LogP contribution in [0.5, 0.6) is 5.88 Å². The average Bonchev–Trinajstić information content (AvgIpc) is 3.45. The Balaban J connectivity index is 1.75. The van der Waals surface area contributed by atoms with Gasteiger partial charge in [-0.2, -0.15) is 66.2 Å². The maximum absolute atomic E-state index is 14.1. The molecule has 1 amide bonds. The number of aromatic nitrogens is 4. The molecule has 1 aliphatic rings. The second-order valence-corrected chi connectivity index (χ2v) is 11.4. The van der Waals surface area contributed by atoms with Crippen LogP contribution in [0.3, 0.4) is 0 Å². The van der Waals surface area contributed by atoms with Crippen LogP contribution in [0.1, 0.15) is 28.8 Å². The molecule has 1 N–H and O–H groups in total. The summed E-state index contributed by atoms with van der Waals surface area (Å²) in [7, 11) is -7.12. The van der Waals surface area contributed by atoms with Crippen LogP contribution in [0, 0.1) is 0 Å². The van der Waals surface area contributed by atoms with Crippen molar-refractivity contribution in [1.82, 2.24) is 24.9 Å². The average molecular weight is 708 g/mol. The van der Waals surface area contributed by atoms with Gasteiger partial charge in [0.2, 0.25) is 0 Å². The van der Waals surface area contributed by atoms with Crippen molar-refractivity contribution in [1.29, 1.82) is 0 Å². The van der Waals surface area contributed by atoms with Crippen LogP contribution in [0.4, 0.5) is 52.7 Å². The van der Waals surface area contributed by atoms with Gasteiger partial charge >= 0.3 is 39.6 Å². The van der Waals surface area contributed by atoms with Crippen LogP contribution in [0.15, 0.2) is 30.6 Å². The van der Waals surface area contributed by atoms with Crippen molar-refractivity contribution in [3.8, 4) is 22.8 Å². The number of amides is 1. The highest BCUT2D eigenvalue weighted by Gasteiger charge is 2.86. The SMILES string of the molecule is Cn1nc(OS(=O)(=O)C(F)(F)C(F)(F)C(F)(F)C(F)(F)F)c(C(F)(F)F)c1-n1cc(-c2ccc(Cl)c(C(=O)NC3CC3)c2)cn1. The molecule has 2 aromatic heterocycles. The first-order valence-electron chi connectivity index (χ1n) is 11.8. The molecule has 1 aromatic carbocycles. The van der Waals surface area contributed by atoms with E-state index in [-0.39, 0.29) is 32.4 Å². The van der Waals surface area contributed by atoms with E-state index in [1.54, 1.807) is 0 Å². The Hall–Kier alpha value is -3.69. The molecule has 45 heavy (non-hydrogen) atoms. The number of carbonyl (C=O) groups is 1. The van der Waals surface area contributed by atoms with Crippen LogP contribution >= 0.6 is 11.6 Å². The lowest BCUT2D eigenvalue weighted by molar-refractivity contribution is -0.382. The molecule has 1 saturated carbocycles. The molecular weight excluding hydrogens is 694 g/mol. The molecule has 248 valence electrons. The van der Waals surface area contributed by atoms with Crippen LogP contribution in [0.25, 0.3) is 16.9 Å². The number of nitrogens with zero attached hydrogens (tertiary/aromatic N) is 4. The van der Waals surface area contributed by atoms with Crippen molar-refractivity contribution in [2.24, 2.45) is 7.05 Å². The molecule has 0 spiro atoms. The fraction of sp³-hybridized carbons (Fsp3) is 0.409. The summed E-state index contributed by atoms with van der Waals surface area (Å²) in [6.07, 6.45) is -10.0. The van der Waals surface area contributed by atoms with Crippen LogP contribution in [-0.4, -0.2) is 63.2 Å². The van der Waals surface area contributed by atoms with Crippen molar-refractivity contribution in [3.63, 3.8) is 0 Å². The first-order valence-corrected chi connectivity index (χ1v) is 13.6. The van der Waals surface area contributed by atoms with E-state index in [0.29, 0.717) is 11.7 Å². The number of hydrogen-bond donors (Lipinski definition) is 1. The predicted molar refractivity (Wildman–Crippen MR) is 127 cm³/mol. The summed E-state index contributed by atoms with van der Waals surface area (Å²) in [5, 5.41) is 1.75. The molecule has 2 heterocycles. The Morgan fingerprint density at radius 3 is 2.11 bits per heavy atom. The highest BCUT2D eigenvalue weighted by atomic mass is 35.5. The van der Waals surface area contributed by atoms with Crippen molar-refractivity contribution in [3.05, 3.63) is 46.7 Å². The fourth-order valence-electron chi connectivity index (χ4n) is 3.69. The molecule has 9 nitrogen and oxygen atoms in total. The number of nitrogens with one attached hydrogen (secondary N) is 1. The van der Waals surface area contributed by atoms with Gasteiger partial charge in [0, 0.05) is 24.8 Å². The van der Waals surface area contributed by atoms with Gasteiger partial charge in [-0.1, -0.05) is 17.7 Å². The van der Waals surface area contributed by atoms with Crippen LogP contribution in [-0.2, 0) is 23.3 Å². The molecule has 4 rings (SSSR count). The molecule has 1 fully saturated rings. The summed E-state index contributed by atoms with van der Waals surface area (Å²) < 4.78 is 189. The van der Waals surface area contributed by atoms with E-state index in [2.05, 4.69) is 19.7 Å². The second kappa shape index (κ2) is 10.7. The van der Waals surface area contributed by atoms with E-state index < -0.39 is 62.7 Å². The van der Waals surface area contributed by atoms with Gasteiger partial charge in [0.1, 0.15) is 0 Å². The molecule has 0 unspecified atom stereocenters. The first kappa shape index (κ1) is 34.2. The van der Waals surface area contributed by atoms with Gasteiger partial charge in [-0.05, 0) is 30.5 Å². The molecule has 3 aromatic rings. The summed E-state index contributed by atoms with van der Waals surface area (Å²) in [6.45, 7) is 0. The molecule has 0 aliphatic heterocycles. The van der Waals surface area contributed by atoms with E-state index in [1.807, 2.05) is 0 Å². The highest BCUT2D eigenvalue weighted by molar-refractivity contribution is 7.88. The topological polar surface area (TPSA) is 108 Å². The van der Waals surface area contributed by atoms with Gasteiger partial charge in [-0.3, -0.25) is 4.79 Å². The van der Waals surface area contributed by atoms with E-state index >= 15 is 0 Å². The molecule has 0 radical (unpaired) electrons. The third kappa shape index (κ3) is 5.88. The fourth-order valence-corrected chi connectivity index (χ4v) is 4.77. The van der Waals surface area contributed by atoms with Gasteiger partial charge in [-0.25, -0.2) is 9.36 Å². The van der Waals surface area contributed by atoms with Crippen molar-refractivity contribution >= 4 is 27.6 Å². The van der Waals surface area contributed by atoms with E-state index in [9.17, 15) is 65.9 Å². The molecule has 0 atom stereocenters. The summed E-state index contributed by atoms with van der Waals surface area (Å²) in [5.41, 5.74) is -2.28. The van der Waals surface area contributed by atoms with Gasteiger partial charge in [0.15, 0.2) is 11.4 Å². The normalized spacial score (nSPS) is 15.3. The lowest BCUT2D eigenvalue weighted by Gasteiger charge is -2.32. The Kier molecular flexibility index (Phi) is 8.13. The maximum Gasteiger partial charge on any atom is 0.460 e. The predicted octanol–water partition coefficient (Wildman–Crippen LogP) is 5.97. The number of aryl methyl sites for hydroxylation is 1. The number of alkyl halides is 12. The molecular formula is C22H14ClF12N5O4S. The van der Waals surface area contributed by atoms with E-state index in [4.69, 9.17) is 11.6 Å².